The first kappa shape index (κ1) is 6.45. The summed E-state index contributed by atoms with van der Waals surface area (Å²) in [6.45, 7) is 0. The second-order valence-corrected chi connectivity index (χ2v) is 0.959. The van der Waals surface area contributed by atoms with E-state index in [0.29, 0.717) is 0 Å². The Bertz CT molecular complexity index is 144. The van der Waals surface area contributed by atoms with Gasteiger partial charge in [-0.3, -0.25) is 0 Å². The molecule has 8 heavy (non-hydrogen) atoms. The van der Waals surface area contributed by atoms with Crippen molar-refractivity contribution < 1.29 is 0 Å². The molecule has 0 aliphatic carbocycles. The van der Waals surface area contributed by atoms with Crippen LogP contribution in [-0.2, 0) is 0 Å². The predicted octanol–water partition coefficient (Wildman–Crippen LogP) is -0.611. The van der Waals surface area contributed by atoms with Crippen LogP contribution in [0.5, 0.6) is 0 Å². The fourth-order valence-corrected chi connectivity index (χ4v) is 0.182. The molecule has 4 heteroatoms. The van der Waals surface area contributed by atoms with Crippen molar-refractivity contribution in [2.24, 2.45) is 10.7 Å². The summed E-state index contributed by atoms with van der Waals surface area (Å²) in [6, 6.07) is 2.28. The van der Waals surface area contributed by atoms with Crippen LogP contribution in [0, 0.1) is 22.7 Å². The van der Waals surface area contributed by atoms with E-state index in [1.807, 2.05) is 0 Å². The number of hydrogen-bond donors (Lipinski definition) is 1. The largest absolute Gasteiger partial charge is 0.390 e. The molecule has 2 N–H and O–H groups in total. The van der Waals surface area contributed by atoms with Gasteiger partial charge in [-0.15, -0.1) is 0 Å². The van der Waals surface area contributed by atoms with Gasteiger partial charge in [0.15, 0.2) is 0 Å². The smallest absolute Gasteiger partial charge is 0.223 e. The highest BCUT2D eigenvalue weighted by molar-refractivity contribution is 5.52. The molecule has 0 unspecified atom stereocenters. The van der Waals surface area contributed by atoms with Crippen molar-refractivity contribution in [3.05, 3.63) is 0 Å². The van der Waals surface area contributed by atoms with Crippen LogP contribution >= 0.6 is 0 Å². The average Bonchev–Trinajstić information content (AvgIpc) is 1.83. The van der Waals surface area contributed by atoms with Gasteiger partial charge in [-0.25, -0.2) is 4.99 Å². The maximum Gasteiger partial charge on any atom is 0.223 e. The van der Waals surface area contributed by atoms with Gasteiger partial charge in [-0.2, -0.15) is 10.5 Å². The normalized spacial score (nSPS) is 8.88. The van der Waals surface area contributed by atoms with Crippen LogP contribution in [-0.4, -0.2) is 12.4 Å². The van der Waals surface area contributed by atoms with Gasteiger partial charge >= 0.3 is 0 Å². The van der Waals surface area contributed by atoms with Gasteiger partial charge < -0.3 is 5.73 Å². The van der Waals surface area contributed by atoms with E-state index in [9.17, 15) is 0 Å². The topological polar surface area (TPSA) is 86.0 Å². The van der Waals surface area contributed by atoms with Crippen LogP contribution in [0.25, 0.3) is 0 Å². The molecular formula is C4H4N4. The first-order valence-electron chi connectivity index (χ1n) is 1.87. The van der Waals surface area contributed by atoms with Crippen molar-refractivity contribution in [3.8, 4) is 12.1 Å². The van der Waals surface area contributed by atoms with Crippen LogP contribution in [0.1, 0.15) is 0 Å². The number of aliphatic imine (C=N–C) groups is 1. The highest BCUT2D eigenvalue weighted by Crippen LogP contribution is 1.80. The number of nitrogens with two attached hydrogens (primary N) is 1. The van der Waals surface area contributed by atoms with E-state index in [-0.39, 0.29) is 0 Å². The summed E-state index contributed by atoms with van der Waals surface area (Å²) in [6.07, 6.45) is 0.942. The van der Waals surface area contributed by atoms with Crippen LogP contribution in [0.3, 0.4) is 0 Å². The molecule has 0 aromatic rings. The van der Waals surface area contributed by atoms with Gasteiger partial charge in [0.25, 0.3) is 0 Å². The van der Waals surface area contributed by atoms with Gasteiger partial charge in [0.2, 0.25) is 6.04 Å². The SMILES string of the molecule is N#CC(C#N)N=CN. The van der Waals surface area contributed by atoms with E-state index in [2.05, 4.69) is 4.99 Å². The van der Waals surface area contributed by atoms with Crippen molar-refractivity contribution in [1.82, 2.24) is 0 Å². The van der Waals surface area contributed by atoms with Gasteiger partial charge in [-0.1, -0.05) is 0 Å². The number of hydrogen-bond acceptors (Lipinski definition) is 3. The van der Waals surface area contributed by atoms with Crippen LogP contribution in [0.15, 0.2) is 4.99 Å². The monoisotopic (exact) mass is 108 g/mol. The summed E-state index contributed by atoms with van der Waals surface area (Å²) >= 11 is 0. The minimum atomic E-state index is -0.944. The predicted molar refractivity (Wildman–Crippen MR) is 27.7 cm³/mol. The zero-order valence-electron chi connectivity index (χ0n) is 4.07. The number of rotatable bonds is 1. The maximum atomic E-state index is 8.02. The molecule has 0 aromatic carbocycles. The summed E-state index contributed by atoms with van der Waals surface area (Å²) in [5, 5.41) is 16.0. The third-order valence-corrected chi connectivity index (χ3v) is 0.480. The Kier molecular flexibility index (Phi) is 2.93. The minimum absolute atomic E-state index is 0.942. The Morgan fingerprint density at radius 3 is 2.12 bits per heavy atom. The molecule has 0 amide bonds. The quantitative estimate of drug-likeness (QED) is 0.359. The fraction of sp³-hybridized carbons (Fsp3) is 0.250. The average molecular weight is 108 g/mol. The second-order valence-electron chi connectivity index (χ2n) is 0.959. The van der Waals surface area contributed by atoms with E-state index in [0.717, 1.165) is 6.34 Å². The zero-order valence-corrected chi connectivity index (χ0v) is 4.07. The van der Waals surface area contributed by atoms with E-state index in [1.165, 1.54) is 0 Å². The molecule has 0 spiro atoms. The van der Waals surface area contributed by atoms with Crippen molar-refractivity contribution in [2.45, 2.75) is 6.04 Å². The maximum absolute atomic E-state index is 8.02. The van der Waals surface area contributed by atoms with E-state index >= 15 is 0 Å². The van der Waals surface area contributed by atoms with Crippen molar-refractivity contribution in [3.63, 3.8) is 0 Å². The standard InChI is InChI=1S/C4H4N4/c5-1-4(2-6)8-3-7/h3-4H,(H2,7,8). The van der Waals surface area contributed by atoms with Crippen LogP contribution < -0.4 is 5.73 Å². The second kappa shape index (κ2) is 3.63. The Morgan fingerprint density at radius 1 is 1.50 bits per heavy atom. The first-order chi connectivity index (χ1) is 3.85. The summed E-state index contributed by atoms with van der Waals surface area (Å²) < 4.78 is 0. The Hall–Kier alpha value is -1.55. The first-order valence-corrected chi connectivity index (χ1v) is 1.87. The van der Waals surface area contributed by atoms with Gasteiger partial charge in [0, 0.05) is 0 Å². The Balaban J connectivity index is 3.82. The molecule has 4 nitrogen and oxygen atoms in total. The summed E-state index contributed by atoms with van der Waals surface area (Å²) in [5.74, 6) is 0. The molecule has 0 rings (SSSR count). The molecule has 0 heterocycles. The molecular weight excluding hydrogens is 104 g/mol. The van der Waals surface area contributed by atoms with Crippen LogP contribution in [0.2, 0.25) is 0 Å². The molecule has 0 saturated heterocycles. The summed E-state index contributed by atoms with van der Waals surface area (Å²) in [4.78, 5) is 3.29. The fourth-order valence-electron chi connectivity index (χ4n) is 0.182. The number of nitriles is 2. The molecule has 0 fully saturated rings. The summed E-state index contributed by atoms with van der Waals surface area (Å²) in [5.41, 5.74) is 4.79. The zero-order chi connectivity index (χ0) is 6.41. The molecule has 0 radical (unpaired) electrons. The lowest BCUT2D eigenvalue weighted by Gasteiger charge is -1.81. The Labute approximate surface area is 46.9 Å². The molecule has 0 aliphatic rings. The number of nitrogens with zero attached hydrogens (tertiary/aromatic N) is 3. The lowest BCUT2D eigenvalue weighted by atomic mass is 10.4. The van der Waals surface area contributed by atoms with E-state index < -0.39 is 6.04 Å². The van der Waals surface area contributed by atoms with Gasteiger partial charge in [0.05, 0.1) is 6.34 Å². The van der Waals surface area contributed by atoms with Gasteiger partial charge in [0.1, 0.15) is 12.1 Å². The van der Waals surface area contributed by atoms with Crippen molar-refractivity contribution in [1.29, 1.82) is 10.5 Å². The lowest BCUT2D eigenvalue weighted by Crippen LogP contribution is -1.99. The molecule has 0 bridgehead atoms. The molecule has 0 atom stereocenters. The molecule has 40 valence electrons. The highest BCUT2D eigenvalue weighted by Gasteiger charge is 1.95. The highest BCUT2D eigenvalue weighted by atomic mass is 14.8. The van der Waals surface area contributed by atoms with Crippen molar-refractivity contribution in [2.75, 3.05) is 0 Å². The minimum Gasteiger partial charge on any atom is -0.390 e. The lowest BCUT2D eigenvalue weighted by molar-refractivity contribution is 1.05. The van der Waals surface area contributed by atoms with Crippen LogP contribution in [0.4, 0.5) is 0 Å². The molecule has 0 aliphatic heterocycles. The summed E-state index contributed by atoms with van der Waals surface area (Å²) in [7, 11) is 0. The van der Waals surface area contributed by atoms with E-state index in [4.69, 9.17) is 16.3 Å². The van der Waals surface area contributed by atoms with E-state index in [1.54, 1.807) is 12.1 Å². The third kappa shape index (κ3) is 1.78. The van der Waals surface area contributed by atoms with Crippen molar-refractivity contribution >= 4 is 6.34 Å². The third-order valence-electron chi connectivity index (χ3n) is 0.480. The molecule has 0 aromatic heterocycles. The van der Waals surface area contributed by atoms with Gasteiger partial charge in [-0.05, 0) is 0 Å². The molecule has 0 saturated carbocycles. The Morgan fingerprint density at radius 2 is 2.00 bits per heavy atom.